The average Bonchev–Trinajstić information content (AvgIpc) is 2.98. The van der Waals surface area contributed by atoms with E-state index >= 15 is 0 Å². The van der Waals surface area contributed by atoms with Crippen molar-refractivity contribution in [1.82, 2.24) is 0 Å². The molecular formula is C22H31BO3. The van der Waals surface area contributed by atoms with E-state index in [4.69, 9.17) is 14.0 Å². The van der Waals surface area contributed by atoms with Gasteiger partial charge < -0.3 is 14.0 Å². The highest BCUT2D eigenvalue weighted by molar-refractivity contribution is 6.62. The van der Waals surface area contributed by atoms with Crippen LogP contribution in [0.2, 0.25) is 0 Å². The van der Waals surface area contributed by atoms with E-state index in [1.807, 2.05) is 0 Å². The molecule has 1 atom stereocenters. The van der Waals surface area contributed by atoms with Crippen molar-refractivity contribution in [1.29, 1.82) is 0 Å². The zero-order valence-corrected chi connectivity index (χ0v) is 17.0. The average molecular weight is 354 g/mol. The molecule has 140 valence electrons. The third-order valence-electron chi connectivity index (χ3n) is 6.56. The molecule has 0 radical (unpaired) electrons. The maximum atomic E-state index is 6.24. The van der Waals surface area contributed by atoms with Crippen molar-refractivity contribution in [3.8, 4) is 0 Å². The predicted octanol–water partition coefficient (Wildman–Crippen LogP) is 4.56. The maximum Gasteiger partial charge on any atom is 0.494 e. The lowest BCUT2D eigenvalue weighted by molar-refractivity contribution is 0.00578. The molecule has 4 rings (SSSR count). The Morgan fingerprint density at radius 2 is 1.65 bits per heavy atom. The van der Waals surface area contributed by atoms with Crippen molar-refractivity contribution in [2.75, 3.05) is 6.61 Å². The normalized spacial score (nSPS) is 29.2. The Hall–Kier alpha value is -1.10. The van der Waals surface area contributed by atoms with E-state index in [-0.39, 0.29) is 24.4 Å². The van der Waals surface area contributed by atoms with Gasteiger partial charge in [-0.3, -0.25) is 0 Å². The molecule has 3 nitrogen and oxygen atoms in total. The molecule has 4 heteroatoms. The van der Waals surface area contributed by atoms with E-state index in [1.54, 1.807) is 5.57 Å². The van der Waals surface area contributed by atoms with Crippen molar-refractivity contribution < 1.29 is 14.0 Å². The van der Waals surface area contributed by atoms with E-state index in [0.717, 1.165) is 24.9 Å². The van der Waals surface area contributed by atoms with Gasteiger partial charge in [0.1, 0.15) is 6.10 Å². The van der Waals surface area contributed by atoms with Gasteiger partial charge in [0.25, 0.3) is 0 Å². The molecule has 1 aromatic carbocycles. The molecule has 2 heterocycles. The second-order valence-corrected chi connectivity index (χ2v) is 9.91. The summed E-state index contributed by atoms with van der Waals surface area (Å²) < 4.78 is 18.7. The Labute approximate surface area is 158 Å². The van der Waals surface area contributed by atoms with E-state index in [0.29, 0.717) is 5.41 Å². The van der Waals surface area contributed by atoms with Gasteiger partial charge in [-0.05, 0) is 69.0 Å². The molecule has 1 fully saturated rings. The van der Waals surface area contributed by atoms with Crippen LogP contribution < -0.4 is 5.46 Å². The fraction of sp³-hybridized carbons (Fsp3) is 0.636. The van der Waals surface area contributed by atoms with E-state index in [1.165, 1.54) is 17.6 Å². The van der Waals surface area contributed by atoms with Gasteiger partial charge in [0.05, 0.1) is 17.8 Å². The summed E-state index contributed by atoms with van der Waals surface area (Å²) in [6, 6.07) is 8.60. The largest absolute Gasteiger partial charge is 0.494 e. The molecule has 3 aliphatic rings. The highest BCUT2D eigenvalue weighted by atomic mass is 16.7. The van der Waals surface area contributed by atoms with Crippen molar-refractivity contribution in [2.45, 2.75) is 78.1 Å². The van der Waals surface area contributed by atoms with Crippen molar-refractivity contribution in [2.24, 2.45) is 5.41 Å². The van der Waals surface area contributed by atoms with Crippen LogP contribution >= 0.6 is 0 Å². The summed E-state index contributed by atoms with van der Waals surface area (Å²) in [6.45, 7) is 13.9. The molecule has 0 N–H and O–H groups in total. The summed E-state index contributed by atoms with van der Waals surface area (Å²) in [5.41, 5.74) is 5.15. The highest BCUT2D eigenvalue weighted by Crippen LogP contribution is 2.50. The first-order chi connectivity index (χ1) is 12.1. The molecule has 1 saturated heterocycles. The zero-order valence-electron chi connectivity index (χ0n) is 17.0. The molecule has 0 amide bonds. The standard InChI is InChI=1S/C22H31BO3/c1-20(2)13-16-10-11-24-19(18(16)14-20)15-8-7-9-17(12-15)23-25-21(3,4)22(5,6)26-23/h7-9,12,19H,10-11,13-14H2,1-6H3. The maximum absolute atomic E-state index is 6.24. The third kappa shape index (κ3) is 3.06. The second-order valence-electron chi connectivity index (χ2n) is 9.91. The lowest BCUT2D eigenvalue weighted by Gasteiger charge is -2.32. The first-order valence-corrected chi connectivity index (χ1v) is 9.86. The van der Waals surface area contributed by atoms with Gasteiger partial charge in [-0.2, -0.15) is 0 Å². The van der Waals surface area contributed by atoms with Crippen LogP contribution in [0.1, 0.15) is 72.5 Å². The van der Waals surface area contributed by atoms with Crippen molar-refractivity contribution >= 4 is 12.6 Å². The quantitative estimate of drug-likeness (QED) is 0.575. The number of hydrogen-bond acceptors (Lipinski definition) is 3. The second kappa shape index (κ2) is 5.95. The summed E-state index contributed by atoms with van der Waals surface area (Å²) in [6.07, 6.45) is 3.52. The van der Waals surface area contributed by atoms with Gasteiger partial charge >= 0.3 is 7.12 Å². The highest BCUT2D eigenvalue weighted by Gasteiger charge is 2.51. The number of rotatable bonds is 2. The molecule has 0 spiro atoms. The molecule has 1 aliphatic carbocycles. The van der Waals surface area contributed by atoms with E-state index < -0.39 is 0 Å². The van der Waals surface area contributed by atoms with Gasteiger partial charge in [0.15, 0.2) is 0 Å². The SMILES string of the molecule is CC1(C)CC2=C(C1)C(c1cccc(B3OC(C)(C)C(C)(C)O3)c1)OCC2. The van der Waals surface area contributed by atoms with Gasteiger partial charge in [-0.1, -0.05) is 43.7 Å². The number of benzene rings is 1. The lowest BCUT2D eigenvalue weighted by atomic mass is 9.77. The molecule has 1 unspecified atom stereocenters. The first kappa shape index (κ1) is 18.3. The topological polar surface area (TPSA) is 27.7 Å². The van der Waals surface area contributed by atoms with Gasteiger partial charge in [0, 0.05) is 0 Å². The Morgan fingerprint density at radius 1 is 0.962 bits per heavy atom. The molecule has 2 aliphatic heterocycles. The van der Waals surface area contributed by atoms with Crippen LogP contribution in [0.4, 0.5) is 0 Å². The monoisotopic (exact) mass is 354 g/mol. The van der Waals surface area contributed by atoms with Crippen LogP contribution in [0.3, 0.4) is 0 Å². The minimum atomic E-state index is -0.322. The van der Waals surface area contributed by atoms with Crippen LogP contribution in [-0.4, -0.2) is 24.9 Å². The van der Waals surface area contributed by atoms with Crippen LogP contribution in [0.15, 0.2) is 35.4 Å². The molecule has 0 saturated carbocycles. The smallest absolute Gasteiger partial charge is 0.399 e. The predicted molar refractivity (Wildman–Crippen MR) is 106 cm³/mol. The minimum Gasteiger partial charge on any atom is -0.399 e. The fourth-order valence-corrected chi connectivity index (χ4v) is 4.47. The van der Waals surface area contributed by atoms with E-state index in [2.05, 4.69) is 65.8 Å². The summed E-state index contributed by atoms with van der Waals surface area (Å²) in [5, 5.41) is 0. The van der Waals surface area contributed by atoms with Crippen molar-refractivity contribution in [3.63, 3.8) is 0 Å². The van der Waals surface area contributed by atoms with Crippen LogP contribution in [0.25, 0.3) is 0 Å². The molecule has 1 aromatic rings. The molecular weight excluding hydrogens is 323 g/mol. The van der Waals surface area contributed by atoms with Gasteiger partial charge in [0.2, 0.25) is 0 Å². The molecule has 0 aromatic heterocycles. The summed E-state index contributed by atoms with van der Waals surface area (Å²) in [4.78, 5) is 0. The van der Waals surface area contributed by atoms with Crippen molar-refractivity contribution in [3.05, 3.63) is 41.0 Å². The van der Waals surface area contributed by atoms with Crippen LogP contribution in [0.5, 0.6) is 0 Å². The van der Waals surface area contributed by atoms with Crippen LogP contribution in [0, 0.1) is 5.41 Å². The lowest BCUT2D eigenvalue weighted by Crippen LogP contribution is -2.41. The third-order valence-corrected chi connectivity index (χ3v) is 6.56. The van der Waals surface area contributed by atoms with Crippen LogP contribution in [-0.2, 0) is 14.0 Å². The Bertz CT molecular complexity index is 732. The fourth-order valence-electron chi connectivity index (χ4n) is 4.47. The molecule has 0 bridgehead atoms. The number of hydrogen-bond donors (Lipinski definition) is 0. The minimum absolute atomic E-state index is 0.0860. The first-order valence-electron chi connectivity index (χ1n) is 9.86. The Balaban J connectivity index is 1.62. The Morgan fingerprint density at radius 3 is 2.35 bits per heavy atom. The Kier molecular flexibility index (Phi) is 4.18. The van der Waals surface area contributed by atoms with E-state index in [9.17, 15) is 0 Å². The summed E-state index contributed by atoms with van der Waals surface area (Å²) in [5.74, 6) is 0. The number of ether oxygens (including phenoxy) is 1. The summed E-state index contributed by atoms with van der Waals surface area (Å²) >= 11 is 0. The van der Waals surface area contributed by atoms with Gasteiger partial charge in [-0.25, -0.2) is 0 Å². The molecule has 26 heavy (non-hydrogen) atoms. The van der Waals surface area contributed by atoms with Gasteiger partial charge in [-0.15, -0.1) is 0 Å². The summed E-state index contributed by atoms with van der Waals surface area (Å²) in [7, 11) is -0.322. The zero-order chi connectivity index (χ0) is 18.7.